The summed E-state index contributed by atoms with van der Waals surface area (Å²) in [4.78, 5) is 24.6. The first-order valence-corrected chi connectivity index (χ1v) is 36.6. The number of esters is 1. The van der Waals surface area contributed by atoms with Crippen molar-refractivity contribution in [1.82, 2.24) is 5.32 Å². The minimum atomic E-state index is -0.843. The molecule has 0 rings (SSSR count). The lowest BCUT2D eigenvalue weighted by Gasteiger charge is -2.20. The summed E-state index contributed by atoms with van der Waals surface area (Å²) in [6.45, 7) is 4.90. The summed E-state index contributed by atoms with van der Waals surface area (Å²) in [5.74, 6) is -0.0616. The fourth-order valence-electron chi connectivity index (χ4n) is 11.2. The van der Waals surface area contributed by atoms with Gasteiger partial charge in [-0.3, -0.25) is 9.59 Å². The predicted octanol–water partition coefficient (Wildman–Crippen LogP) is 23.8. The molecule has 6 nitrogen and oxygen atoms in total. The van der Waals surface area contributed by atoms with Gasteiger partial charge < -0.3 is 20.3 Å². The number of ether oxygens (including phenoxy) is 1. The second-order valence-corrected chi connectivity index (χ2v) is 24.9. The van der Waals surface area contributed by atoms with Crippen LogP contribution in [0.3, 0.4) is 0 Å². The summed E-state index contributed by atoms with van der Waals surface area (Å²) in [6.07, 6.45) is 94.6. The van der Waals surface area contributed by atoms with Crippen molar-refractivity contribution in [3.05, 3.63) is 60.8 Å². The van der Waals surface area contributed by atoms with E-state index in [1.807, 2.05) is 6.08 Å². The summed E-state index contributed by atoms with van der Waals surface area (Å²) < 4.78 is 5.49. The highest BCUT2D eigenvalue weighted by Gasteiger charge is 2.18. The smallest absolute Gasteiger partial charge is 0.305 e. The fraction of sp³-hybridized carbons (Fsp3) is 0.842. The summed E-state index contributed by atoms with van der Waals surface area (Å²) in [5, 5.41) is 23.1. The van der Waals surface area contributed by atoms with Crippen LogP contribution in [0.15, 0.2) is 60.8 Å². The van der Waals surface area contributed by atoms with Crippen LogP contribution < -0.4 is 5.32 Å². The zero-order valence-corrected chi connectivity index (χ0v) is 55.0. The van der Waals surface area contributed by atoms with Gasteiger partial charge in [0.25, 0.3) is 0 Å². The molecule has 480 valence electrons. The molecular formula is C76H141NO5. The Morgan fingerprint density at radius 3 is 0.939 bits per heavy atom. The van der Waals surface area contributed by atoms with Crippen molar-refractivity contribution in [1.29, 1.82) is 0 Å². The molecule has 0 saturated carbocycles. The zero-order valence-electron chi connectivity index (χ0n) is 55.0. The third kappa shape index (κ3) is 66.7. The van der Waals surface area contributed by atoms with Gasteiger partial charge in [-0.2, -0.15) is 0 Å². The van der Waals surface area contributed by atoms with E-state index in [1.54, 1.807) is 6.08 Å². The van der Waals surface area contributed by atoms with Crippen LogP contribution in [0, 0.1) is 0 Å². The average molecular weight is 1150 g/mol. The summed E-state index contributed by atoms with van der Waals surface area (Å²) >= 11 is 0. The number of aliphatic hydroxyl groups is 2. The molecule has 2 atom stereocenters. The van der Waals surface area contributed by atoms with Gasteiger partial charge in [0.05, 0.1) is 25.4 Å². The van der Waals surface area contributed by atoms with E-state index in [9.17, 15) is 19.8 Å². The molecule has 0 saturated heterocycles. The second kappa shape index (κ2) is 71.0. The molecule has 0 aromatic rings. The average Bonchev–Trinajstić information content (AvgIpc) is 3.48. The highest BCUT2D eigenvalue weighted by atomic mass is 16.5. The third-order valence-electron chi connectivity index (χ3n) is 16.8. The second-order valence-electron chi connectivity index (χ2n) is 24.9. The molecule has 0 spiro atoms. The van der Waals surface area contributed by atoms with Gasteiger partial charge in [-0.15, -0.1) is 0 Å². The van der Waals surface area contributed by atoms with Gasteiger partial charge in [-0.1, -0.05) is 338 Å². The standard InChI is InChI=1S/C76H141NO5/c1-3-5-7-9-11-13-15-17-19-42-46-50-54-58-62-66-70-76(81)82-71-67-63-59-55-51-47-43-40-38-36-34-32-30-28-26-24-22-20-21-23-25-27-29-31-33-35-37-39-41-45-49-53-57-61-65-69-75(80)77-73(72-78)74(79)68-64-60-56-52-48-44-18-16-14-12-10-8-6-4-2/h13,15,19,22,24,28,30,42,64,68,73-74,78-79H,3-12,14,16-18,20-21,23,25-27,29,31-41,43-63,65-67,69-72H2,1-2H3,(H,77,80)/b15-13-,24-22-,30-28-,42-19-,68-64+. The first-order chi connectivity index (χ1) is 40.5. The van der Waals surface area contributed by atoms with Crippen LogP contribution in [0.4, 0.5) is 0 Å². The van der Waals surface area contributed by atoms with Crippen molar-refractivity contribution >= 4 is 11.9 Å². The largest absolute Gasteiger partial charge is 0.466 e. The molecular weight excluding hydrogens is 1010 g/mol. The molecule has 6 heteroatoms. The van der Waals surface area contributed by atoms with Crippen LogP contribution in [-0.2, 0) is 14.3 Å². The summed E-state index contributed by atoms with van der Waals surface area (Å²) in [6, 6.07) is -0.626. The Morgan fingerprint density at radius 2 is 0.610 bits per heavy atom. The molecule has 2 unspecified atom stereocenters. The maximum absolute atomic E-state index is 12.5. The quantitative estimate of drug-likeness (QED) is 0.0320. The highest BCUT2D eigenvalue weighted by Crippen LogP contribution is 2.18. The SMILES string of the molecule is CCCCCC/C=C\C/C=C\CCCCCCCC(=O)OCCCCCCCCCCCCC/C=C\C/C=C\CCCCCCCCCCCCCCCCCCCC(=O)NC(CO)C(O)/C=C/CCCCCCCCCCCCCC. The third-order valence-corrected chi connectivity index (χ3v) is 16.8. The minimum absolute atomic E-state index is 0.00294. The molecule has 1 amide bonds. The lowest BCUT2D eigenvalue weighted by atomic mass is 10.0. The molecule has 0 aliphatic carbocycles. The topological polar surface area (TPSA) is 95.9 Å². The Hall–Kier alpha value is -2.44. The van der Waals surface area contributed by atoms with Gasteiger partial charge in [0, 0.05) is 12.8 Å². The molecule has 0 aliphatic heterocycles. The Labute approximate surface area is 511 Å². The van der Waals surface area contributed by atoms with Crippen LogP contribution in [0.1, 0.15) is 386 Å². The summed E-state index contributed by atoms with van der Waals surface area (Å²) in [7, 11) is 0. The highest BCUT2D eigenvalue weighted by molar-refractivity contribution is 5.76. The molecule has 0 aromatic carbocycles. The predicted molar refractivity (Wildman–Crippen MR) is 361 cm³/mol. The van der Waals surface area contributed by atoms with E-state index < -0.39 is 12.1 Å². The first kappa shape index (κ1) is 79.6. The molecule has 3 N–H and O–H groups in total. The lowest BCUT2D eigenvalue weighted by Crippen LogP contribution is -2.45. The van der Waals surface area contributed by atoms with Crippen molar-refractivity contribution in [2.75, 3.05) is 13.2 Å². The van der Waals surface area contributed by atoms with Crippen molar-refractivity contribution < 1.29 is 24.5 Å². The molecule has 0 bridgehead atoms. The summed E-state index contributed by atoms with van der Waals surface area (Å²) in [5.41, 5.74) is 0. The van der Waals surface area contributed by atoms with E-state index in [0.29, 0.717) is 19.4 Å². The van der Waals surface area contributed by atoms with E-state index in [1.165, 1.54) is 302 Å². The normalized spacial score (nSPS) is 12.9. The van der Waals surface area contributed by atoms with Crippen LogP contribution in [-0.4, -0.2) is 47.4 Å². The maximum Gasteiger partial charge on any atom is 0.305 e. The minimum Gasteiger partial charge on any atom is -0.466 e. The van der Waals surface area contributed by atoms with Crippen molar-refractivity contribution in [3.8, 4) is 0 Å². The maximum atomic E-state index is 12.5. The number of unbranched alkanes of at least 4 members (excludes halogenated alkanes) is 49. The van der Waals surface area contributed by atoms with E-state index in [0.717, 1.165) is 57.8 Å². The number of hydrogen-bond acceptors (Lipinski definition) is 5. The molecule has 0 aliphatic rings. The number of hydrogen-bond donors (Lipinski definition) is 3. The molecule has 0 radical (unpaired) electrons. The Balaban J connectivity index is 3.39. The van der Waals surface area contributed by atoms with Crippen molar-refractivity contribution in [2.45, 2.75) is 398 Å². The number of carbonyl (C=O) groups is 2. The molecule has 0 fully saturated rings. The molecule has 0 heterocycles. The van der Waals surface area contributed by atoms with Gasteiger partial charge >= 0.3 is 5.97 Å². The number of amides is 1. The van der Waals surface area contributed by atoms with Gasteiger partial charge in [-0.25, -0.2) is 0 Å². The number of allylic oxidation sites excluding steroid dienone is 9. The molecule has 0 aromatic heterocycles. The Morgan fingerprint density at radius 1 is 0.341 bits per heavy atom. The van der Waals surface area contributed by atoms with Crippen LogP contribution in [0.5, 0.6) is 0 Å². The fourth-order valence-corrected chi connectivity index (χ4v) is 11.2. The van der Waals surface area contributed by atoms with Gasteiger partial charge in [0.15, 0.2) is 0 Å². The van der Waals surface area contributed by atoms with Gasteiger partial charge in [-0.05, 0) is 96.3 Å². The Kier molecular flexibility index (Phi) is 68.9. The zero-order chi connectivity index (χ0) is 59.2. The van der Waals surface area contributed by atoms with Gasteiger partial charge in [0.1, 0.15) is 0 Å². The van der Waals surface area contributed by atoms with Crippen molar-refractivity contribution in [3.63, 3.8) is 0 Å². The van der Waals surface area contributed by atoms with Crippen LogP contribution in [0.25, 0.3) is 0 Å². The van der Waals surface area contributed by atoms with Crippen molar-refractivity contribution in [2.24, 2.45) is 0 Å². The Bertz CT molecular complexity index is 1420. The van der Waals surface area contributed by atoms with E-state index in [2.05, 4.69) is 67.8 Å². The number of nitrogens with one attached hydrogen (secondary N) is 1. The van der Waals surface area contributed by atoms with Crippen LogP contribution >= 0.6 is 0 Å². The van der Waals surface area contributed by atoms with Crippen LogP contribution in [0.2, 0.25) is 0 Å². The van der Waals surface area contributed by atoms with E-state index >= 15 is 0 Å². The van der Waals surface area contributed by atoms with E-state index in [-0.39, 0.29) is 18.5 Å². The first-order valence-electron chi connectivity index (χ1n) is 36.6. The van der Waals surface area contributed by atoms with E-state index in [4.69, 9.17) is 4.74 Å². The number of carbonyl (C=O) groups excluding carboxylic acids is 2. The monoisotopic (exact) mass is 1150 g/mol. The number of rotatable bonds is 68. The molecule has 82 heavy (non-hydrogen) atoms. The lowest BCUT2D eigenvalue weighted by molar-refractivity contribution is -0.143. The van der Waals surface area contributed by atoms with Gasteiger partial charge in [0.2, 0.25) is 5.91 Å². The number of aliphatic hydroxyl groups excluding tert-OH is 2.